The summed E-state index contributed by atoms with van der Waals surface area (Å²) in [7, 11) is 0. The number of aromatic nitrogens is 3. The third-order valence-corrected chi connectivity index (χ3v) is 4.08. The van der Waals surface area contributed by atoms with Crippen LogP contribution in [0.4, 0.5) is 0 Å². The summed E-state index contributed by atoms with van der Waals surface area (Å²) in [5, 5.41) is 7.93. The Labute approximate surface area is 109 Å². The second-order valence-electron chi connectivity index (χ2n) is 5.09. The first-order chi connectivity index (χ1) is 8.69. The van der Waals surface area contributed by atoms with E-state index in [0.717, 1.165) is 51.5 Å². The maximum Gasteiger partial charge on any atom is 0.129 e. The molecular weight excluding hydrogens is 228 g/mol. The Kier molecular flexibility index (Phi) is 4.35. The quantitative estimate of drug-likeness (QED) is 0.796. The van der Waals surface area contributed by atoms with Gasteiger partial charge in [0.25, 0.3) is 0 Å². The predicted molar refractivity (Wildman–Crippen MR) is 70.5 cm³/mol. The number of nitrogens with zero attached hydrogens (tertiary/aromatic N) is 4. The summed E-state index contributed by atoms with van der Waals surface area (Å²) >= 11 is 0. The smallest absolute Gasteiger partial charge is 0.129 e. The zero-order valence-electron chi connectivity index (χ0n) is 11.7. The van der Waals surface area contributed by atoms with Crippen LogP contribution in [0.1, 0.15) is 32.5 Å². The summed E-state index contributed by atoms with van der Waals surface area (Å²) in [4.78, 5) is 2.50. The molecule has 1 aliphatic rings. The third-order valence-electron chi connectivity index (χ3n) is 4.08. The Hall–Kier alpha value is -0.940. The Balaban J connectivity index is 1.88. The molecule has 1 aromatic heterocycles. The molecule has 1 aromatic rings. The van der Waals surface area contributed by atoms with E-state index in [2.05, 4.69) is 33.5 Å². The first-order valence-electron chi connectivity index (χ1n) is 6.90. The zero-order valence-corrected chi connectivity index (χ0v) is 11.7. The standard InChI is InChI=1S/C13H24N4O/c1-4-13(5-2)10-16(8-9-18-13)6-7-17-11-14-15-12(17)3/h11H,4-10H2,1-3H3. The van der Waals surface area contributed by atoms with Crippen molar-refractivity contribution in [2.75, 3.05) is 26.2 Å². The van der Waals surface area contributed by atoms with Crippen molar-refractivity contribution in [3.8, 4) is 0 Å². The van der Waals surface area contributed by atoms with Crippen LogP contribution < -0.4 is 0 Å². The van der Waals surface area contributed by atoms with Gasteiger partial charge in [-0.1, -0.05) is 13.8 Å². The Morgan fingerprint density at radius 3 is 2.72 bits per heavy atom. The van der Waals surface area contributed by atoms with E-state index in [9.17, 15) is 0 Å². The van der Waals surface area contributed by atoms with Crippen LogP contribution >= 0.6 is 0 Å². The fraction of sp³-hybridized carbons (Fsp3) is 0.846. The van der Waals surface area contributed by atoms with Gasteiger partial charge in [-0.2, -0.15) is 0 Å². The predicted octanol–water partition coefficient (Wildman–Crippen LogP) is 1.48. The van der Waals surface area contributed by atoms with Crippen molar-refractivity contribution < 1.29 is 4.74 Å². The summed E-state index contributed by atoms with van der Waals surface area (Å²) in [6.45, 7) is 11.4. The first kappa shape index (κ1) is 13.5. The second-order valence-corrected chi connectivity index (χ2v) is 5.09. The highest BCUT2D eigenvalue weighted by atomic mass is 16.5. The van der Waals surface area contributed by atoms with Gasteiger partial charge in [0.2, 0.25) is 0 Å². The third kappa shape index (κ3) is 2.90. The Morgan fingerprint density at radius 1 is 1.33 bits per heavy atom. The minimum absolute atomic E-state index is 0.0699. The Bertz CT molecular complexity index is 373. The van der Waals surface area contributed by atoms with E-state index in [-0.39, 0.29) is 5.60 Å². The van der Waals surface area contributed by atoms with E-state index in [0.29, 0.717) is 0 Å². The lowest BCUT2D eigenvalue weighted by atomic mass is 9.95. The molecule has 0 N–H and O–H groups in total. The van der Waals surface area contributed by atoms with Gasteiger partial charge in [-0.3, -0.25) is 4.90 Å². The largest absolute Gasteiger partial charge is 0.372 e. The first-order valence-corrected chi connectivity index (χ1v) is 6.90. The summed E-state index contributed by atoms with van der Waals surface area (Å²) in [6, 6.07) is 0. The highest BCUT2D eigenvalue weighted by molar-refractivity contribution is 4.86. The lowest BCUT2D eigenvalue weighted by Gasteiger charge is -2.42. The van der Waals surface area contributed by atoms with E-state index in [4.69, 9.17) is 4.74 Å². The SMILES string of the molecule is CCC1(CC)CN(CCn2cnnc2C)CCO1. The van der Waals surface area contributed by atoms with Gasteiger partial charge in [0.15, 0.2) is 0 Å². The number of hydrogen-bond acceptors (Lipinski definition) is 4. The monoisotopic (exact) mass is 252 g/mol. The molecule has 0 aliphatic carbocycles. The second kappa shape index (κ2) is 5.80. The van der Waals surface area contributed by atoms with Gasteiger partial charge < -0.3 is 9.30 Å². The van der Waals surface area contributed by atoms with Crippen LogP contribution in [0.5, 0.6) is 0 Å². The number of morpholine rings is 1. The van der Waals surface area contributed by atoms with Crippen LogP contribution in [-0.2, 0) is 11.3 Å². The van der Waals surface area contributed by atoms with Crippen LogP contribution in [0, 0.1) is 6.92 Å². The summed E-state index contributed by atoms with van der Waals surface area (Å²) < 4.78 is 8.09. The Morgan fingerprint density at radius 2 is 2.11 bits per heavy atom. The maximum atomic E-state index is 5.98. The molecule has 0 unspecified atom stereocenters. The number of hydrogen-bond donors (Lipinski definition) is 0. The summed E-state index contributed by atoms with van der Waals surface area (Å²) in [5.74, 6) is 0.987. The molecule has 2 rings (SSSR count). The fourth-order valence-electron chi connectivity index (χ4n) is 2.57. The maximum absolute atomic E-state index is 5.98. The lowest BCUT2D eigenvalue weighted by Crippen LogP contribution is -2.51. The van der Waals surface area contributed by atoms with Crippen LogP contribution in [0.3, 0.4) is 0 Å². The van der Waals surface area contributed by atoms with Crippen molar-refractivity contribution in [2.24, 2.45) is 0 Å². The van der Waals surface area contributed by atoms with Crippen molar-refractivity contribution in [2.45, 2.75) is 45.8 Å². The molecule has 2 heterocycles. The number of rotatable bonds is 5. The van der Waals surface area contributed by atoms with Gasteiger partial charge in [0.1, 0.15) is 12.2 Å². The highest BCUT2D eigenvalue weighted by Gasteiger charge is 2.32. The molecule has 1 aliphatic heterocycles. The van der Waals surface area contributed by atoms with Gasteiger partial charge in [-0.05, 0) is 19.8 Å². The van der Waals surface area contributed by atoms with Crippen molar-refractivity contribution in [3.05, 3.63) is 12.2 Å². The molecule has 1 saturated heterocycles. The molecule has 0 bridgehead atoms. The minimum atomic E-state index is 0.0699. The van der Waals surface area contributed by atoms with Crippen LogP contribution in [-0.4, -0.2) is 51.5 Å². The van der Waals surface area contributed by atoms with E-state index >= 15 is 0 Å². The average Bonchev–Trinajstić information content (AvgIpc) is 2.82. The molecule has 0 spiro atoms. The van der Waals surface area contributed by atoms with Gasteiger partial charge in [-0.15, -0.1) is 10.2 Å². The molecular formula is C13H24N4O. The normalized spacial score (nSPS) is 20.2. The molecule has 0 atom stereocenters. The topological polar surface area (TPSA) is 43.2 Å². The van der Waals surface area contributed by atoms with Crippen molar-refractivity contribution >= 4 is 0 Å². The van der Waals surface area contributed by atoms with Crippen molar-refractivity contribution in [1.29, 1.82) is 0 Å². The zero-order chi connectivity index (χ0) is 13.0. The van der Waals surface area contributed by atoms with Crippen LogP contribution in [0.15, 0.2) is 6.33 Å². The van der Waals surface area contributed by atoms with E-state index in [1.807, 2.05) is 13.3 Å². The molecule has 0 saturated carbocycles. The van der Waals surface area contributed by atoms with E-state index in [1.165, 1.54) is 0 Å². The van der Waals surface area contributed by atoms with Gasteiger partial charge in [0.05, 0.1) is 12.2 Å². The molecule has 0 amide bonds. The van der Waals surface area contributed by atoms with Gasteiger partial charge >= 0.3 is 0 Å². The molecule has 0 aromatic carbocycles. The van der Waals surface area contributed by atoms with E-state index in [1.54, 1.807) is 0 Å². The van der Waals surface area contributed by atoms with E-state index < -0.39 is 0 Å². The highest BCUT2D eigenvalue weighted by Crippen LogP contribution is 2.25. The molecule has 5 nitrogen and oxygen atoms in total. The molecule has 5 heteroatoms. The summed E-state index contributed by atoms with van der Waals surface area (Å²) in [5.41, 5.74) is 0.0699. The summed E-state index contributed by atoms with van der Waals surface area (Å²) in [6.07, 6.45) is 3.99. The minimum Gasteiger partial charge on any atom is -0.372 e. The number of aryl methyl sites for hydroxylation is 1. The van der Waals surface area contributed by atoms with Crippen LogP contribution in [0.2, 0.25) is 0 Å². The average molecular weight is 252 g/mol. The number of ether oxygens (including phenoxy) is 1. The molecule has 0 radical (unpaired) electrons. The van der Waals surface area contributed by atoms with Crippen molar-refractivity contribution in [3.63, 3.8) is 0 Å². The van der Waals surface area contributed by atoms with Gasteiger partial charge in [0, 0.05) is 26.2 Å². The molecule has 102 valence electrons. The fourth-order valence-corrected chi connectivity index (χ4v) is 2.57. The van der Waals surface area contributed by atoms with Gasteiger partial charge in [-0.25, -0.2) is 0 Å². The molecule has 1 fully saturated rings. The van der Waals surface area contributed by atoms with Crippen LogP contribution in [0.25, 0.3) is 0 Å². The molecule has 18 heavy (non-hydrogen) atoms. The lowest BCUT2D eigenvalue weighted by molar-refractivity contribution is -0.113. The van der Waals surface area contributed by atoms with Crippen molar-refractivity contribution in [1.82, 2.24) is 19.7 Å².